The second-order valence-corrected chi connectivity index (χ2v) is 16.9. The molecule has 0 unspecified atom stereocenters. The topological polar surface area (TPSA) is 25.8 Å². The number of fused-ring (bicyclic) bond motifs is 7. The van der Waals surface area contributed by atoms with Gasteiger partial charge in [0.25, 0.3) is 0 Å². The van der Waals surface area contributed by atoms with E-state index in [1.165, 1.54) is 82.2 Å². The summed E-state index contributed by atoms with van der Waals surface area (Å²) < 4.78 is 0. The molecule has 2 heteroatoms. The zero-order valence-electron chi connectivity index (χ0n) is 34.0. The van der Waals surface area contributed by atoms with E-state index >= 15 is 0 Å². The number of rotatable bonds is 5. The quantitative estimate of drug-likeness (QED) is 0.174. The molecule has 1 aliphatic carbocycles. The molecule has 0 atom stereocenters. The molecular formula is C59H40N2. The van der Waals surface area contributed by atoms with Crippen LogP contribution in [0, 0.1) is 0 Å². The Bertz CT molecular complexity index is 3450. The molecule has 0 radical (unpaired) electrons. The van der Waals surface area contributed by atoms with Crippen molar-refractivity contribution in [2.75, 3.05) is 0 Å². The van der Waals surface area contributed by atoms with Gasteiger partial charge in [0.05, 0.1) is 11.4 Å². The third-order valence-electron chi connectivity index (χ3n) is 13.1. The van der Waals surface area contributed by atoms with Gasteiger partial charge in [-0.15, -0.1) is 0 Å². The standard InChI is InChI=1S/C59H40N2/c1-59(2)53-27-13-24-46(57(53)52-34-41-16-3-4-17-42(41)35-54(52)59)40-30-28-39(29-31-40)45-32-33-51(48-23-10-9-22-47(45)48)58-60-55(49-25-11-18-37-14-5-7-20-43(37)49)36-56(61-58)50-26-12-19-38-15-6-8-21-44(38)50/h3-36H,1-2H3. The minimum atomic E-state index is -0.0843. The van der Waals surface area contributed by atoms with Gasteiger partial charge >= 0.3 is 0 Å². The van der Waals surface area contributed by atoms with Crippen LogP contribution in [-0.2, 0) is 5.41 Å². The van der Waals surface area contributed by atoms with Gasteiger partial charge in [-0.1, -0.05) is 196 Å². The predicted octanol–water partition coefficient (Wildman–Crippen LogP) is 15.7. The van der Waals surface area contributed by atoms with Crippen molar-refractivity contribution in [3.8, 4) is 67.3 Å². The summed E-state index contributed by atoms with van der Waals surface area (Å²) in [6.07, 6.45) is 0. The van der Waals surface area contributed by atoms with Crippen molar-refractivity contribution < 1.29 is 0 Å². The Labute approximate surface area is 355 Å². The lowest BCUT2D eigenvalue weighted by Gasteiger charge is -2.22. The highest BCUT2D eigenvalue weighted by atomic mass is 14.9. The summed E-state index contributed by atoms with van der Waals surface area (Å²) >= 11 is 0. The molecule has 0 aliphatic heterocycles. The molecule has 0 amide bonds. The normalized spacial score (nSPS) is 12.9. The first-order valence-electron chi connectivity index (χ1n) is 21.1. The first kappa shape index (κ1) is 35.3. The SMILES string of the molecule is CC1(C)c2cc3ccccc3cc2-c2c(-c3ccc(-c4ccc(-c5nc(-c6cccc7ccccc67)cc(-c6cccc7ccccc67)n5)c5ccccc45)cc3)cccc21. The van der Waals surface area contributed by atoms with E-state index < -0.39 is 0 Å². The lowest BCUT2D eigenvalue weighted by atomic mass is 9.81. The molecule has 0 bridgehead atoms. The zero-order chi connectivity index (χ0) is 40.7. The smallest absolute Gasteiger partial charge is 0.161 e. The van der Waals surface area contributed by atoms with E-state index in [-0.39, 0.29) is 5.41 Å². The summed E-state index contributed by atoms with van der Waals surface area (Å²) in [5.74, 6) is 0.709. The van der Waals surface area contributed by atoms with Crippen LogP contribution in [0.5, 0.6) is 0 Å². The monoisotopic (exact) mass is 776 g/mol. The molecule has 61 heavy (non-hydrogen) atoms. The third-order valence-corrected chi connectivity index (χ3v) is 13.1. The van der Waals surface area contributed by atoms with Crippen molar-refractivity contribution in [2.24, 2.45) is 0 Å². The summed E-state index contributed by atoms with van der Waals surface area (Å²) in [5.41, 5.74) is 15.2. The molecule has 0 fully saturated rings. The maximum Gasteiger partial charge on any atom is 0.161 e. The molecule has 0 spiro atoms. The fraction of sp³-hybridized carbons (Fsp3) is 0.0508. The Balaban J connectivity index is 0.989. The molecule has 10 aromatic carbocycles. The summed E-state index contributed by atoms with van der Waals surface area (Å²) in [4.78, 5) is 10.8. The third kappa shape index (κ3) is 5.64. The molecule has 1 aromatic heterocycles. The van der Waals surface area contributed by atoms with Crippen LogP contribution < -0.4 is 0 Å². The van der Waals surface area contributed by atoms with Gasteiger partial charge in [-0.25, -0.2) is 9.97 Å². The predicted molar refractivity (Wildman–Crippen MR) is 257 cm³/mol. The molecule has 0 saturated carbocycles. The van der Waals surface area contributed by atoms with E-state index in [0.717, 1.165) is 33.5 Å². The lowest BCUT2D eigenvalue weighted by molar-refractivity contribution is 0.661. The van der Waals surface area contributed by atoms with Gasteiger partial charge in [0.2, 0.25) is 0 Å². The Morgan fingerprint density at radius 3 is 1.39 bits per heavy atom. The molecule has 1 heterocycles. The van der Waals surface area contributed by atoms with Crippen LogP contribution in [0.1, 0.15) is 25.0 Å². The van der Waals surface area contributed by atoms with Gasteiger partial charge in [-0.2, -0.15) is 0 Å². The van der Waals surface area contributed by atoms with Crippen LogP contribution in [0.3, 0.4) is 0 Å². The van der Waals surface area contributed by atoms with Crippen molar-refractivity contribution in [3.05, 3.63) is 217 Å². The highest BCUT2D eigenvalue weighted by Crippen LogP contribution is 2.53. The molecule has 1 aliphatic rings. The number of nitrogens with zero attached hydrogens (tertiary/aromatic N) is 2. The van der Waals surface area contributed by atoms with Crippen LogP contribution >= 0.6 is 0 Å². The fourth-order valence-electron chi connectivity index (χ4n) is 10.0. The van der Waals surface area contributed by atoms with Gasteiger partial charge in [-0.3, -0.25) is 0 Å². The average molecular weight is 777 g/mol. The highest BCUT2D eigenvalue weighted by molar-refractivity contribution is 6.06. The number of hydrogen-bond acceptors (Lipinski definition) is 2. The number of aromatic nitrogens is 2. The van der Waals surface area contributed by atoms with E-state index in [9.17, 15) is 0 Å². The van der Waals surface area contributed by atoms with E-state index in [4.69, 9.17) is 9.97 Å². The number of hydrogen-bond donors (Lipinski definition) is 0. The fourth-order valence-corrected chi connectivity index (χ4v) is 10.0. The van der Waals surface area contributed by atoms with Crippen LogP contribution in [0.2, 0.25) is 0 Å². The molecule has 2 nitrogen and oxygen atoms in total. The van der Waals surface area contributed by atoms with Crippen molar-refractivity contribution >= 4 is 43.1 Å². The van der Waals surface area contributed by atoms with E-state index in [0.29, 0.717) is 5.82 Å². The van der Waals surface area contributed by atoms with Crippen molar-refractivity contribution in [3.63, 3.8) is 0 Å². The Morgan fingerprint density at radius 2 is 0.770 bits per heavy atom. The second kappa shape index (κ2) is 13.7. The van der Waals surface area contributed by atoms with E-state index in [1.807, 2.05) is 0 Å². The Morgan fingerprint density at radius 1 is 0.311 bits per heavy atom. The van der Waals surface area contributed by atoms with Gasteiger partial charge in [0, 0.05) is 22.1 Å². The molecule has 286 valence electrons. The minimum absolute atomic E-state index is 0.0843. The summed E-state index contributed by atoms with van der Waals surface area (Å²) in [5, 5.41) is 9.57. The molecule has 12 rings (SSSR count). The minimum Gasteiger partial charge on any atom is -0.228 e. The average Bonchev–Trinajstić information content (AvgIpc) is 3.54. The van der Waals surface area contributed by atoms with Gasteiger partial charge < -0.3 is 0 Å². The second-order valence-electron chi connectivity index (χ2n) is 16.9. The van der Waals surface area contributed by atoms with Crippen LogP contribution in [-0.4, -0.2) is 9.97 Å². The van der Waals surface area contributed by atoms with E-state index in [1.54, 1.807) is 0 Å². The first-order chi connectivity index (χ1) is 30.0. The van der Waals surface area contributed by atoms with Crippen molar-refractivity contribution in [1.29, 1.82) is 0 Å². The maximum absolute atomic E-state index is 5.39. The summed E-state index contributed by atoms with van der Waals surface area (Å²) in [7, 11) is 0. The van der Waals surface area contributed by atoms with Gasteiger partial charge in [0.1, 0.15) is 0 Å². The van der Waals surface area contributed by atoms with Crippen molar-refractivity contribution in [2.45, 2.75) is 19.3 Å². The first-order valence-corrected chi connectivity index (χ1v) is 21.1. The van der Waals surface area contributed by atoms with E-state index in [2.05, 4.69) is 220 Å². The van der Waals surface area contributed by atoms with Crippen LogP contribution in [0.4, 0.5) is 0 Å². The molecule has 0 saturated heterocycles. The molecule has 0 N–H and O–H groups in total. The summed E-state index contributed by atoms with van der Waals surface area (Å²) in [6, 6.07) is 74.9. The largest absolute Gasteiger partial charge is 0.228 e. The van der Waals surface area contributed by atoms with Crippen LogP contribution in [0.15, 0.2) is 206 Å². The van der Waals surface area contributed by atoms with Gasteiger partial charge in [-0.05, 0) is 112 Å². The maximum atomic E-state index is 5.39. The number of benzene rings is 10. The lowest BCUT2D eigenvalue weighted by Crippen LogP contribution is -2.14. The Hall–Kier alpha value is -7.68. The summed E-state index contributed by atoms with van der Waals surface area (Å²) in [6.45, 7) is 4.73. The zero-order valence-corrected chi connectivity index (χ0v) is 34.0. The van der Waals surface area contributed by atoms with Crippen molar-refractivity contribution in [1.82, 2.24) is 9.97 Å². The molecular weight excluding hydrogens is 737 g/mol. The van der Waals surface area contributed by atoms with Crippen LogP contribution in [0.25, 0.3) is 110 Å². The molecule has 11 aromatic rings. The highest BCUT2D eigenvalue weighted by Gasteiger charge is 2.37. The van der Waals surface area contributed by atoms with Gasteiger partial charge in [0.15, 0.2) is 5.82 Å². The Kier molecular flexibility index (Phi) is 7.92.